The normalized spacial score (nSPS) is 38.8. The van der Waals surface area contributed by atoms with Crippen molar-refractivity contribution < 1.29 is 14.6 Å². The van der Waals surface area contributed by atoms with Gasteiger partial charge in [0.1, 0.15) is 5.67 Å². The van der Waals surface area contributed by atoms with Crippen molar-refractivity contribution in [2.75, 3.05) is 0 Å². The molecule has 1 unspecified atom stereocenters. The molecule has 0 aliphatic heterocycles. The van der Waals surface area contributed by atoms with Crippen molar-refractivity contribution in [3.63, 3.8) is 0 Å². The van der Waals surface area contributed by atoms with E-state index < -0.39 is 17.9 Å². The van der Waals surface area contributed by atoms with E-state index in [0.29, 0.717) is 36.5 Å². The van der Waals surface area contributed by atoms with Crippen LogP contribution in [0.25, 0.3) is 0 Å². The Morgan fingerprint density at radius 1 is 1.27 bits per heavy atom. The van der Waals surface area contributed by atoms with E-state index in [0.717, 1.165) is 36.3 Å². The Morgan fingerprint density at radius 3 is 2.70 bits per heavy atom. The molecule has 0 aromatic heterocycles. The van der Waals surface area contributed by atoms with Gasteiger partial charge < -0.3 is 10.2 Å². The van der Waals surface area contributed by atoms with Gasteiger partial charge in [-0.3, -0.25) is 0 Å². The summed E-state index contributed by atoms with van der Waals surface area (Å²) in [7, 11) is 0. The topological polar surface area (TPSA) is 40.5 Å². The van der Waals surface area contributed by atoms with Crippen molar-refractivity contribution in [1.29, 1.82) is 0 Å². The minimum atomic E-state index is -1.06. The summed E-state index contributed by atoms with van der Waals surface area (Å²) in [6.45, 7) is 12.3. The molecule has 0 spiro atoms. The molecule has 3 saturated carbocycles. The lowest BCUT2D eigenvalue weighted by Crippen LogP contribution is -2.36. The van der Waals surface area contributed by atoms with Gasteiger partial charge in [-0.1, -0.05) is 51.0 Å². The standard InChI is InChI=1S/C27H43FO2/c1-18(8-6-14-26(3,4)28)23-12-13-24-20(9-7-15-27(23,24)5)10-11-21-16-22(29)17-25(30)19(21)2/h10-11,18,22-25,29-30H,2,6-9,12-17H2,1,3-5H3/b20-10+,21-11+/t18-,22+,23-,24+,25?,27-/m1/s1. The molecule has 3 fully saturated rings. The van der Waals surface area contributed by atoms with Crippen LogP contribution in [0.15, 0.2) is 35.5 Å². The molecule has 0 heterocycles. The maximum absolute atomic E-state index is 13.9. The number of aliphatic hydroxyl groups is 2. The van der Waals surface area contributed by atoms with Gasteiger partial charge in [-0.05, 0) is 93.1 Å². The smallest absolute Gasteiger partial charge is 0.105 e. The van der Waals surface area contributed by atoms with E-state index in [2.05, 4.69) is 32.6 Å². The van der Waals surface area contributed by atoms with Crippen LogP contribution in [0.2, 0.25) is 0 Å². The molecule has 3 rings (SSSR count). The minimum Gasteiger partial charge on any atom is -0.393 e. The fraction of sp³-hybridized carbons (Fsp3) is 0.778. The highest BCUT2D eigenvalue weighted by Crippen LogP contribution is 2.60. The predicted octanol–water partition coefficient (Wildman–Crippen LogP) is 6.68. The van der Waals surface area contributed by atoms with Crippen molar-refractivity contribution in [3.05, 3.63) is 35.5 Å². The summed E-state index contributed by atoms with van der Waals surface area (Å²) >= 11 is 0. The summed E-state index contributed by atoms with van der Waals surface area (Å²) in [5, 5.41) is 20.1. The van der Waals surface area contributed by atoms with Crippen LogP contribution in [0.1, 0.15) is 91.9 Å². The molecule has 3 aliphatic rings. The molecule has 0 aromatic rings. The molecule has 0 amide bonds. The fourth-order valence-corrected chi connectivity index (χ4v) is 6.72. The first-order valence-electron chi connectivity index (χ1n) is 12.1. The molecular weight excluding hydrogens is 375 g/mol. The number of rotatable bonds is 6. The summed E-state index contributed by atoms with van der Waals surface area (Å²) in [5.74, 6) is 1.98. The Morgan fingerprint density at radius 2 is 2.00 bits per heavy atom. The van der Waals surface area contributed by atoms with Crippen molar-refractivity contribution in [2.45, 2.75) is 110 Å². The molecule has 3 heteroatoms. The monoisotopic (exact) mass is 418 g/mol. The Bertz CT molecular complexity index is 685. The second kappa shape index (κ2) is 9.28. The maximum atomic E-state index is 13.9. The lowest BCUT2D eigenvalue weighted by Gasteiger charge is -2.44. The van der Waals surface area contributed by atoms with Gasteiger partial charge in [-0.15, -0.1) is 0 Å². The van der Waals surface area contributed by atoms with E-state index in [1.54, 1.807) is 13.8 Å². The lowest BCUT2D eigenvalue weighted by atomic mass is 9.60. The van der Waals surface area contributed by atoms with Crippen LogP contribution < -0.4 is 0 Å². The van der Waals surface area contributed by atoms with Crippen LogP contribution in [0.3, 0.4) is 0 Å². The molecule has 2 nitrogen and oxygen atoms in total. The molecule has 0 bridgehead atoms. The number of allylic oxidation sites excluding steroid dienone is 3. The molecular formula is C27H43FO2. The highest BCUT2D eigenvalue weighted by molar-refractivity contribution is 5.38. The molecule has 0 aromatic carbocycles. The van der Waals surface area contributed by atoms with Gasteiger partial charge >= 0.3 is 0 Å². The Labute approximate surface area is 183 Å². The maximum Gasteiger partial charge on any atom is 0.105 e. The summed E-state index contributed by atoms with van der Waals surface area (Å²) in [4.78, 5) is 0. The Hall–Kier alpha value is -0.930. The first-order chi connectivity index (χ1) is 14.0. The van der Waals surface area contributed by atoms with Crippen LogP contribution >= 0.6 is 0 Å². The minimum absolute atomic E-state index is 0.343. The molecule has 170 valence electrons. The fourth-order valence-electron chi connectivity index (χ4n) is 6.72. The third-order valence-corrected chi connectivity index (χ3v) is 8.42. The predicted molar refractivity (Wildman–Crippen MR) is 123 cm³/mol. The molecule has 3 aliphatic carbocycles. The molecule has 6 atom stereocenters. The number of alkyl halides is 1. The summed E-state index contributed by atoms with van der Waals surface area (Å²) < 4.78 is 13.9. The summed E-state index contributed by atoms with van der Waals surface area (Å²) in [5.41, 5.74) is 2.59. The zero-order valence-electron chi connectivity index (χ0n) is 19.6. The highest BCUT2D eigenvalue weighted by Gasteiger charge is 2.50. The summed E-state index contributed by atoms with van der Waals surface area (Å²) in [6, 6.07) is 0. The zero-order valence-corrected chi connectivity index (χ0v) is 19.6. The second-order valence-corrected chi connectivity index (χ2v) is 11.3. The van der Waals surface area contributed by atoms with Crippen molar-refractivity contribution >= 4 is 0 Å². The largest absolute Gasteiger partial charge is 0.393 e. The quantitative estimate of drug-likeness (QED) is 0.505. The van der Waals surface area contributed by atoms with Crippen LogP contribution in [-0.4, -0.2) is 28.1 Å². The van der Waals surface area contributed by atoms with E-state index in [4.69, 9.17) is 0 Å². The number of hydrogen-bond acceptors (Lipinski definition) is 2. The van der Waals surface area contributed by atoms with Gasteiger partial charge in [-0.2, -0.15) is 0 Å². The van der Waals surface area contributed by atoms with Crippen LogP contribution in [0, 0.1) is 23.2 Å². The Balaban J connectivity index is 1.70. The zero-order chi connectivity index (χ0) is 22.1. The number of aliphatic hydroxyl groups excluding tert-OH is 2. The van der Waals surface area contributed by atoms with Gasteiger partial charge in [-0.25, -0.2) is 4.39 Å². The number of fused-ring (bicyclic) bond motifs is 1. The third kappa shape index (κ3) is 5.27. The van der Waals surface area contributed by atoms with E-state index in [1.807, 2.05) is 0 Å². The molecule has 2 N–H and O–H groups in total. The van der Waals surface area contributed by atoms with Gasteiger partial charge in [0.05, 0.1) is 12.2 Å². The van der Waals surface area contributed by atoms with Gasteiger partial charge in [0.25, 0.3) is 0 Å². The average molecular weight is 419 g/mol. The van der Waals surface area contributed by atoms with Gasteiger partial charge in [0.2, 0.25) is 0 Å². The van der Waals surface area contributed by atoms with E-state index in [9.17, 15) is 14.6 Å². The number of halogens is 1. The first kappa shape index (κ1) is 23.7. The first-order valence-corrected chi connectivity index (χ1v) is 12.1. The van der Waals surface area contributed by atoms with E-state index >= 15 is 0 Å². The van der Waals surface area contributed by atoms with Crippen LogP contribution in [-0.2, 0) is 0 Å². The molecule has 30 heavy (non-hydrogen) atoms. The lowest BCUT2D eigenvalue weighted by molar-refractivity contribution is 0.0860. The Kier molecular flexibility index (Phi) is 7.34. The van der Waals surface area contributed by atoms with Crippen molar-refractivity contribution in [3.8, 4) is 0 Å². The SMILES string of the molecule is C=C1/C(=C/C=C2\CCC[C@]3(C)[C@@H]([C@H](C)CCCC(C)(C)F)CC[C@@H]23)C[C@H](O)CC1O. The molecule has 0 saturated heterocycles. The summed E-state index contributed by atoms with van der Waals surface area (Å²) in [6.07, 6.45) is 13.2. The number of hydrogen-bond donors (Lipinski definition) is 2. The van der Waals surface area contributed by atoms with E-state index in [-0.39, 0.29) is 0 Å². The van der Waals surface area contributed by atoms with E-state index in [1.165, 1.54) is 31.3 Å². The highest BCUT2D eigenvalue weighted by atomic mass is 19.1. The third-order valence-electron chi connectivity index (χ3n) is 8.42. The van der Waals surface area contributed by atoms with Crippen LogP contribution in [0.5, 0.6) is 0 Å². The molecule has 0 radical (unpaired) electrons. The van der Waals surface area contributed by atoms with Crippen molar-refractivity contribution in [1.82, 2.24) is 0 Å². The van der Waals surface area contributed by atoms with Gasteiger partial charge in [0, 0.05) is 6.42 Å². The second-order valence-electron chi connectivity index (χ2n) is 11.3. The van der Waals surface area contributed by atoms with Crippen molar-refractivity contribution in [2.24, 2.45) is 23.2 Å². The van der Waals surface area contributed by atoms with Gasteiger partial charge in [0.15, 0.2) is 0 Å². The average Bonchev–Trinajstić information content (AvgIpc) is 3.00. The van der Waals surface area contributed by atoms with Crippen LogP contribution in [0.4, 0.5) is 4.39 Å².